The average Bonchev–Trinajstić information content (AvgIpc) is 2.30. The third kappa shape index (κ3) is 2.74. The molecule has 0 fully saturated rings. The minimum Gasteiger partial charge on any atom is -0.479 e. The van der Waals surface area contributed by atoms with Gasteiger partial charge in [-0.25, -0.2) is 9.18 Å². The maximum Gasteiger partial charge on any atom is 0.331 e. The van der Waals surface area contributed by atoms with Crippen molar-refractivity contribution in [3.05, 3.63) is 34.6 Å². The van der Waals surface area contributed by atoms with Gasteiger partial charge in [0, 0.05) is 12.1 Å². The molecule has 0 bridgehead atoms. The third-order valence-electron chi connectivity index (χ3n) is 2.34. The molecule has 0 saturated heterocycles. The van der Waals surface area contributed by atoms with Gasteiger partial charge in [-0.05, 0) is 13.0 Å². The minimum absolute atomic E-state index is 0.126. The zero-order chi connectivity index (χ0) is 13.0. The van der Waals surface area contributed by atoms with Crippen LogP contribution in [0.4, 0.5) is 4.39 Å². The first-order valence-electron chi connectivity index (χ1n) is 4.90. The van der Waals surface area contributed by atoms with Crippen molar-refractivity contribution in [3.63, 3.8) is 0 Å². The van der Waals surface area contributed by atoms with Gasteiger partial charge in [0.2, 0.25) is 6.41 Å². The Bertz CT molecular complexity index is 439. The van der Waals surface area contributed by atoms with Crippen molar-refractivity contribution in [2.75, 3.05) is 6.54 Å². The van der Waals surface area contributed by atoms with Gasteiger partial charge in [-0.2, -0.15) is 0 Å². The number of amides is 1. The Morgan fingerprint density at radius 2 is 2.29 bits per heavy atom. The fourth-order valence-corrected chi connectivity index (χ4v) is 1.69. The molecule has 1 aromatic carbocycles. The molecule has 1 amide bonds. The molecule has 0 aromatic heterocycles. The van der Waals surface area contributed by atoms with Crippen LogP contribution in [0.1, 0.15) is 18.5 Å². The number of halogens is 2. The van der Waals surface area contributed by atoms with Crippen LogP contribution in [0.25, 0.3) is 0 Å². The molecule has 0 aliphatic heterocycles. The van der Waals surface area contributed by atoms with E-state index < -0.39 is 17.8 Å². The molecular formula is C11H11ClFNO3. The fourth-order valence-electron chi connectivity index (χ4n) is 1.50. The number of hydrogen-bond acceptors (Lipinski definition) is 2. The Labute approximate surface area is 103 Å². The quantitative estimate of drug-likeness (QED) is 0.824. The van der Waals surface area contributed by atoms with Gasteiger partial charge in [0.05, 0.1) is 5.02 Å². The minimum atomic E-state index is -1.36. The Kier molecular flexibility index (Phi) is 4.45. The summed E-state index contributed by atoms with van der Waals surface area (Å²) < 4.78 is 13.7. The second kappa shape index (κ2) is 5.63. The zero-order valence-electron chi connectivity index (χ0n) is 9.06. The van der Waals surface area contributed by atoms with Crippen LogP contribution in [-0.4, -0.2) is 28.9 Å². The molecule has 1 unspecified atom stereocenters. The Balaban J connectivity index is 3.27. The molecular weight excluding hydrogens is 249 g/mol. The van der Waals surface area contributed by atoms with E-state index in [-0.39, 0.29) is 17.1 Å². The van der Waals surface area contributed by atoms with Crippen molar-refractivity contribution in [1.29, 1.82) is 0 Å². The maximum atomic E-state index is 13.7. The molecule has 0 spiro atoms. The number of aliphatic carboxylic acids is 1. The molecule has 4 nitrogen and oxygen atoms in total. The summed E-state index contributed by atoms with van der Waals surface area (Å²) in [5, 5.41) is 8.89. The lowest BCUT2D eigenvalue weighted by Gasteiger charge is -2.24. The zero-order valence-corrected chi connectivity index (χ0v) is 9.82. The topological polar surface area (TPSA) is 57.6 Å². The second-order valence-electron chi connectivity index (χ2n) is 3.32. The molecule has 0 aliphatic carbocycles. The summed E-state index contributed by atoms with van der Waals surface area (Å²) >= 11 is 5.58. The number of rotatable bonds is 5. The first-order chi connectivity index (χ1) is 8.02. The van der Waals surface area contributed by atoms with E-state index in [1.807, 2.05) is 0 Å². The SMILES string of the molecule is CCN(C=O)C(C(=O)O)c1cccc(Cl)c1F. The second-order valence-corrected chi connectivity index (χ2v) is 3.73. The lowest BCUT2D eigenvalue weighted by Crippen LogP contribution is -2.33. The Morgan fingerprint density at radius 3 is 2.76 bits per heavy atom. The predicted octanol–water partition coefficient (Wildman–Crippen LogP) is 2.08. The standard InChI is InChI=1S/C11H11ClFNO3/c1-2-14(6-15)10(11(16)17)7-4-3-5-8(12)9(7)13/h3-6,10H,2H2,1H3,(H,16,17). The summed E-state index contributed by atoms with van der Waals surface area (Å²) in [6.45, 7) is 1.76. The Hall–Kier alpha value is -1.62. The van der Waals surface area contributed by atoms with Crippen LogP contribution in [0.5, 0.6) is 0 Å². The molecule has 1 aromatic rings. The van der Waals surface area contributed by atoms with Crippen molar-refractivity contribution in [1.82, 2.24) is 4.90 Å². The van der Waals surface area contributed by atoms with Gasteiger partial charge in [0.15, 0.2) is 6.04 Å². The largest absolute Gasteiger partial charge is 0.479 e. The smallest absolute Gasteiger partial charge is 0.331 e. The van der Waals surface area contributed by atoms with Gasteiger partial charge in [0.1, 0.15) is 5.82 Å². The van der Waals surface area contributed by atoms with E-state index in [4.69, 9.17) is 16.7 Å². The molecule has 0 aliphatic rings. The molecule has 0 saturated carbocycles. The van der Waals surface area contributed by atoms with E-state index in [0.717, 1.165) is 4.90 Å². The molecule has 0 radical (unpaired) electrons. The normalized spacial score (nSPS) is 11.9. The number of likely N-dealkylation sites (N-methyl/N-ethyl adjacent to an activating group) is 1. The number of carbonyl (C=O) groups is 2. The van der Waals surface area contributed by atoms with Gasteiger partial charge in [-0.1, -0.05) is 23.7 Å². The predicted molar refractivity (Wildman–Crippen MR) is 60.2 cm³/mol. The fraction of sp³-hybridized carbons (Fsp3) is 0.273. The van der Waals surface area contributed by atoms with Crippen molar-refractivity contribution in [3.8, 4) is 0 Å². The first-order valence-corrected chi connectivity index (χ1v) is 5.28. The summed E-state index contributed by atoms with van der Waals surface area (Å²) in [7, 11) is 0. The summed E-state index contributed by atoms with van der Waals surface area (Å²) in [5.41, 5.74) is -0.126. The summed E-state index contributed by atoms with van der Waals surface area (Å²) in [6, 6.07) is 2.69. The van der Waals surface area contributed by atoms with Crippen LogP contribution in [0.15, 0.2) is 18.2 Å². The van der Waals surface area contributed by atoms with Crippen LogP contribution in [0, 0.1) is 5.82 Å². The Morgan fingerprint density at radius 1 is 1.65 bits per heavy atom. The van der Waals surface area contributed by atoms with E-state index in [9.17, 15) is 14.0 Å². The van der Waals surface area contributed by atoms with Gasteiger partial charge >= 0.3 is 5.97 Å². The lowest BCUT2D eigenvalue weighted by molar-refractivity contribution is -0.146. The molecule has 1 rings (SSSR count). The molecule has 92 valence electrons. The number of carboxylic acid groups (broad SMARTS) is 1. The van der Waals surface area contributed by atoms with Gasteiger partial charge < -0.3 is 10.0 Å². The third-order valence-corrected chi connectivity index (χ3v) is 2.63. The highest BCUT2D eigenvalue weighted by Crippen LogP contribution is 2.27. The number of carboxylic acids is 1. The van der Waals surface area contributed by atoms with Gasteiger partial charge in [0.25, 0.3) is 0 Å². The van der Waals surface area contributed by atoms with Crippen LogP contribution in [0.2, 0.25) is 5.02 Å². The van der Waals surface area contributed by atoms with Crippen molar-refractivity contribution >= 4 is 24.0 Å². The molecule has 17 heavy (non-hydrogen) atoms. The first kappa shape index (κ1) is 13.4. The van der Waals surface area contributed by atoms with Crippen LogP contribution >= 0.6 is 11.6 Å². The highest BCUT2D eigenvalue weighted by atomic mass is 35.5. The van der Waals surface area contributed by atoms with E-state index in [0.29, 0.717) is 6.41 Å². The molecule has 0 heterocycles. The van der Waals surface area contributed by atoms with Gasteiger partial charge in [-0.15, -0.1) is 0 Å². The maximum absolute atomic E-state index is 13.7. The summed E-state index contributed by atoms with van der Waals surface area (Å²) in [6.07, 6.45) is 0.374. The van der Waals surface area contributed by atoms with Gasteiger partial charge in [-0.3, -0.25) is 4.79 Å². The highest BCUT2D eigenvalue weighted by molar-refractivity contribution is 6.30. The molecule has 1 atom stereocenters. The molecule has 6 heteroatoms. The summed E-state index contributed by atoms with van der Waals surface area (Å²) in [4.78, 5) is 22.9. The number of carbonyl (C=O) groups excluding carboxylic acids is 1. The monoisotopic (exact) mass is 259 g/mol. The van der Waals surface area contributed by atoms with Crippen molar-refractivity contribution in [2.45, 2.75) is 13.0 Å². The van der Waals surface area contributed by atoms with Crippen LogP contribution < -0.4 is 0 Å². The van der Waals surface area contributed by atoms with E-state index >= 15 is 0 Å². The van der Waals surface area contributed by atoms with Crippen LogP contribution in [-0.2, 0) is 9.59 Å². The van der Waals surface area contributed by atoms with Crippen molar-refractivity contribution < 1.29 is 19.1 Å². The number of hydrogen-bond donors (Lipinski definition) is 1. The van der Waals surface area contributed by atoms with Crippen LogP contribution in [0.3, 0.4) is 0 Å². The van der Waals surface area contributed by atoms with E-state index in [1.165, 1.54) is 18.2 Å². The number of nitrogens with zero attached hydrogens (tertiary/aromatic N) is 1. The van der Waals surface area contributed by atoms with E-state index in [2.05, 4.69) is 0 Å². The van der Waals surface area contributed by atoms with Crippen molar-refractivity contribution in [2.24, 2.45) is 0 Å². The number of benzene rings is 1. The van der Waals surface area contributed by atoms with E-state index in [1.54, 1.807) is 6.92 Å². The molecule has 1 N–H and O–H groups in total. The average molecular weight is 260 g/mol. The lowest BCUT2D eigenvalue weighted by atomic mass is 10.1. The highest BCUT2D eigenvalue weighted by Gasteiger charge is 2.28. The summed E-state index contributed by atoms with van der Waals surface area (Å²) in [5.74, 6) is -2.12.